The standard InChI is InChI=1S/C47H65N7O6/c1-2-3-4-5-6-7-8-12-21-41-44(56)53-38(27-34-22-24-39(55)25-23-34)32-60-42(28-33-16-10-9-11-17-33)45(57)52-36(19-15-26-50-47(48)49)31-59-43(46(58)54-41)30-37-29-35-18-13-14-20-40(35)51-37/h9-11,13-14,16-18,20,22-25,29,36,38,41-43,51,55H,2-8,12,15,19,21,26-28,30-32H2,1H3,(H,52,57)(H,53,56)(H,54,58)(H4,48,49,50)/t36-,38-,41?,42+,43-/m0/s1. The summed E-state index contributed by atoms with van der Waals surface area (Å²) in [6.07, 6.45) is 9.17. The SMILES string of the molecule is CCCCCCCCCCC1NC(=O)[C@H](Cc2cc3ccccc3[nH]2)OC[C@H](CCCN=C(N)N)NC(=O)[C@@H](Cc2ccccc2)OC[C@H](Cc2ccc(O)cc2)NC1=O. The molecule has 0 spiro atoms. The van der Waals surface area contributed by atoms with Crippen LogP contribution in [0.1, 0.15) is 94.4 Å². The van der Waals surface area contributed by atoms with E-state index in [1.807, 2.05) is 60.7 Å². The maximum atomic E-state index is 14.4. The van der Waals surface area contributed by atoms with E-state index in [-0.39, 0.29) is 49.6 Å². The summed E-state index contributed by atoms with van der Waals surface area (Å²) in [5, 5.41) is 20.4. The van der Waals surface area contributed by atoms with Crippen molar-refractivity contribution in [1.29, 1.82) is 0 Å². The number of H-pyrrole nitrogens is 1. The number of aromatic amines is 1. The second-order valence-corrected chi connectivity index (χ2v) is 16.0. The minimum atomic E-state index is -0.988. The van der Waals surface area contributed by atoms with Crippen LogP contribution in [0.2, 0.25) is 0 Å². The number of carbonyl (C=O) groups is 3. The van der Waals surface area contributed by atoms with Gasteiger partial charge in [0.05, 0.1) is 25.3 Å². The number of aromatic hydroxyl groups is 1. The molecule has 0 aliphatic carbocycles. The van der Waals surface area contributed by atoms with Gasteiger partial charge in [-0.15, -0.1) is 0 Å². The summed E-state index contributed by atoms with van der Waals surface area (Å²) in [4.78, 5) is 50.6. The van der Waals surface area contributed by atoms with Crippen molar-refractivity contribution in [2.75, 3.05) is 19.8 Å². The van der Waals surface area contributed by atoms with Gasteiger partial charge < -0.3 is 47.0 Å². The van der Waals surface area contributed by atoms with Gasteiger partial charge >= 0.3 is 0 Å². The van der Waals surface area contributed by atoms with E-state index in [2.05, 4.69) is 32.9 Å². The van der Waals surface area contributed by atoms with Gasteiger partial charge in [-0.3, -0.25) is 19.4 Å². The number of ether oxygens (including phenoxy) is 2. The Bertz CT molecular complexity index is 1900. The van der Waals surface area contributed by atoms with E-state index in [1.54, 1.807) is 24.3 Å². The van der Waals surface area contributed by atoms with Gasteiger partial charge in [-0.05, 0) is 66.5 Å². The lowest BCUT2D eigenvalue weighted by Gasteiger charge is -2.26. The summed E-state index contributed by atoms with van der Waals surface area (Å²) in [7, 11) is 0. The predicted octanol–water partition coefficient (Wildman–Crippen LogP) is 5.72. The van der Waals surface area contributed by atoms with Crippen molar-refractivity contribution in [3.05, 3.63) is 102 Å². The molecule has 9 N–H and O–H groups in total. The van der Waals surface area contributed by atoms with Crippen LogP contribution in [0.5, 0.6) is 5.75 Å². The molecule has 1 saturated heterocycles. The van der Waals surface area contributed by atoms with E-state index < -0.39 is 36.2 Å². The van der Waals surface area contributed by atoms with Gasteiger partial charge in [-0.25, -0.2) is 0 Å². The third-order valence-corrected chi connectivity index (χ3v) is 10.9. The molecular formula is C47H65N7O6. The van der Waals surface area contributed by atoms with Crippen molar-refractivity contribution < 1.29 is 29.0 Å². The normalized spacial score (nSPS) is 20.7. The molecule has 1 aliphatic rings. The molecule has 13 heteroatoms. The Morgan fingerprint density at radius 3 is 2.00 bits per heavy atom. The number of benzene rings is 3. The number of nitrogens with two attached hydrogens (primary N) is 2. The Labute approximate surface area is 354 Å². The van der Waals surface area contributed by atoms with Crippen molar-refractivity contribution >= 4 is 34.6 Å². The number of hydrogen-bond donors (Lipinski definition) is 7. The fraction of sp³-hybridized carbons (Fsp3) is 0.489. The highest BCUT2D eigenvalue weighted by molar-refractivity contribution is 5.90. The van der Waals surface area contributed by atoms with E-state index in [9.17, 15) is 19.5 Å². The average Bonchev–Trinajstić information content (AvgIpc) is 3.66. The quantitative estimate of drug-likeness (QED) is 0.0353. The molecule has 0 saturated carbocycles. The highest BCUT2D eigenvalue weighted by Gasteiger charge is 2.31. The summed E-state index contributed by atoms with van der Waals surface area (Å²) < 4.78 is 13.0. The second kappa shape index (κ2) is 24.6. The molecule has 60 heavy (non-hydrogen) atoms. The molecule has 3 aromatic carbocycles. The van der Waals surface area contributed by atoms with Crippen molar-refractivity contribution in [2.24, 2.45) is 16.5 Å². The minimum absolute atomic E-state index is 0.0162. The Morgan fingerprint density at radius 2 is 1.28 bits per heavy atom. The number of phenols is 1. The first-order valence-corrected chi connectivity index (χ1v) is 21.7. The molecule has 1 fully saturated rings. The molecule has 324 valence electrons. The van der Waals surface area contributed by atoms with Gasteiger partial charge in [0.2, 0.25) is 17.7 Å². The highest BCUT2D eigenvalue weighted by atomic mass is 16.5. The molecule has 1 unspecified atom stereocenters. The number of phenolic OH excluding ortho intramolecular Hbond substituents is 1. The molecule has 0 radical (unpaired) electrons. The van der Waals surface area contributed by atoms with E-state index in [1.165, 1.54) is 25.7 Å². The summed E-state index contributed by atoms with van der Waals surface area (Å²) in [6.45, 7) is 2.59. The fourth-order valence-electron chi connectivity index (χ4n) is 7.61. The van der Waals surface area contributed by atoms with E-state index >= 15 is 0 Å². The van der Waals surface area contributed by atoms with Crippen LogP contribution in [0.3, 0.4) is 0 Å². The third kappa shape index (κ3) is 15.6. The lowest BCUT2D eigenvalue weighted by Crippen LogP contribution is -2.53. The lowest BCUT2D eigenvalue weighted by molar-refractivity contribution is -0.137. The monoisotopic (exact) mass is 823 g/mol. The molecule has 5 rings (SSSR count). The number of carbonyl (C=O) groups excluding carboxylic acids is 3. The van der Waals surface area contributed by atoms with Crippen LogP contribution in [0.4, 0.5) is 0 Å². The van der Waals surface area contributed by atoms with Crippen LogP contribution in [0.15, 0.2) is 89.9 Å². The fourth-order valence-corrected chi connectivity index (χ4v) is 7.61. The Hall–Kier alpha value is -5.40. The first kappa shape index (κ1) is 45.7. The van der Waals surface area contributed by atoms with Crippen molar-refractivity contribution in [2.45, 2.75) is 127 Å². The molecule has 2 heterocycles. The molecule has 1 aromatic heterocycles. The number of hydrogen-bond acceptors (Lipinski definition) is 7. The Balaban J connectivity index is 1.45. The van der Waals surface area contributed by atoms with Gasteiger partial charge in [0.1, 0.15) is 24.0 Å². The first-order valence-electron chi connectivity index (χ1n) is 21.7. The number of nitrogens with zero attached hydrogens (tertiary/aromatic N) is 1. The minimum Gasteiger partial charge on any atom is -0.508 e. The van der Waals surface area contributed by atoms with Crippen LogP contribution in [-0.2, 0) is 43.1 Å². The molecule has 0 bridgehead atoms. The molecule has 1 aliphatic heterocycles. The molecule has 5 atom stereocenters. The van der Waals surface area contributed by atoms with Gasteiger partial charge in [0.15, 0.2) is 5.96 Å². The number of guanidine groups is 1. The van der Waals surface area contributed by atoms with E-state index in [4.69, 9.17) is 20.9 Å². The zero-order chi connectivity index (χ0) is 42.5. The lowest BCUT2D eigenvalue weighted by atomic mass is 10.0. The topological polar surface area (TPSA) is 206 Å². The third-order valence-electron chi connectivity index (χ3n) is 10.9. The number of fused-ring (bicyclic) bond motifs is 1. The number of aromatic nitrogens is 1. The van der Waals surface area contributed by atoms with Crippen LogP contribution < -0.4 is 27.4 Å². The van der Waals surface area contributed by atoms with Crippen molar-refractivity contribution in [1.82, 2.24) is 20.9 Å². The summed E-state index contributed by atoms with van der Waals surface area (Å²) in [5.41, 5.74) is 14.7. The second-order valence-electron chi connectivity index (χ2n) is 16.0. The van der Waals surface area contributed by atoms with Crippen molar-refractivity contribution in [3.63, 3.8) is 0 Å². The zero-order valence-corrected chi connectivity index (χ0v) is 35.1. The number of unbranched alkanes of at least 4 members (excludes halogenated alkanes) is 7. The van der Waals surface area contributed by atoms with Crippen LogP contribution in [0.25, 0.3) is 10.9 Å². The van der Waals surface area contributed by atoms with Crippen LogP contribution >= 0.6 is 0 Å². The van der Waals surface area contributed by atoms with Gasteiger partial charge in [-0.1, -0.05) is 119 Å². The van der Waals surface area contributed by atoms with E-state index in [0.717, 1.165) is 53.4 Å². The number of aliphatic imine (C=N–C) groups is 1. The molecule has 4 aromatic rings. The molecular weight excluding hydrogens is 759 g/mol. The summed E-state index contributed by atoms with van der Waals surface area (Å²) >= 11 is 0. The smallest absolute Gasteiger partial charge is 0.250 e. The van der Waals surface area contributed by atoms with Gasteiger partial charge in [-0.2, -0.15) is 0 Å². The summed E-state index contributed by atoms with van der Waals surface area (Å²) in [6, 6.07) is 24.4. The maximum Gasteiger partial charge on any atom is 0.250 e. The predicted molar refractivity (Wildman–Crippen MR) is 236 cm³/mol. The average molecular weight is 824 g/mol. The number of amides is 3. The number of nitrogens with one attached hydrogen (secondary N) is 4. The number of rotatable bonds is 19. The van der Waals surface area contributed by atoms with Gasteiger partial charge in [0, 0.05) is 30.6 Å². The van der Waals surface area contributed by atoms with E-state index in [0.29, 0.717) is 32.2 Å². The van der Waals surface area contributed by atoms with Crippen molar-refractivity contribution in [3.8, 4) is 5.75 Å². The number of para-hydroxylation sites is 1. The first-order chi connectivity index (χ1) is 29.2. The largest absolute Gasteiger partial charge is 0.508 e. The van der Waals surface area contributed by atoms with Crippen LogP contribution in [-0.4, -0.2) is 83.9 Å². The van der Waals surface area contributed by atoms with Gasteiger partial charge in [0.25, 0.3) is 0 Å². The highest BCUT2D eigenvalue weighted by Crippen LogP contribution is 2.19. The molecule has 3 amide bonds. The molecule has 13 nitrogen and oxygen atoms in total. The Morgan fingerprint density at radius 1 is 0.667 bits per heavy atom. The van der Waals surface area contributed by atoms with Crippen LogP contribution in [0, 0.1) is 0 Å². The Kier molecular flexibility index (Phi) is 18.7. The maximum absolute atomic E-state index is 14.4. The zero-order valence-electron chi connectivity index (χ0n) is 35.1. The summed E-state index contributed by atoms with van der Waals surface area (Å²) in [5.74, 6) is -0.981.